The molecule has 0 aromatic rings. The molecule has 0 atom stereocenters. The fraction of sp³-hybridized carbons (Fsp3) is 1.00. The van der Waals surface area contributed by atoms with Crippen molar-refractivity contribution in [2.45, 2.75) is 148 Å². The molecule has 0 saturated carbocycles. The van der Waals surface area contributed by atoms with Crippen LogP contribution in [0.2, 0.25) is 0 Å². The molecule has 2 heteroatoms. The van der Waals surface area contributed by atoms with Gasteiger partial charge in [-0.3, -0.25) is 0 Å². The second-order valence-corrected chi connectivity index (χ2v) is 10.9. The number of unbranched alkanes of at least 4 members (excludes halogenated alkanes) is 20. The van der Waals surface area contributed by atoms with Crippen molar-refractivity contribution in [1.29, 1.82) is 0 Å². The Kier molecular flexibility index (Phi) is 24.1. The predicted molar refractivity (Wildman–Crippen MR) is 140 cm³/mol. The minimum Gasteiger partial charge on any atom is -0.328 e. The van der Waals surface area contributed by atoms with Crippen LogP contribution in [-0.2, 0) is 0 Å². The van der Waals surface area contributed by atoms with Crippen molar-refractivity contribution in [3.05, 3.63) is 0 Å². The predicted octanol–water partition coefficient (Wildman–Crippen LogP) is 9.90. The molecule has 0 fully saturated rings. The van der Waals surface area contributed by atoms with E-state index in [9.17, 15) is 0 Å². The number of nitrogens with zero attached hydrogens (tertiary/aromatic N) is 1. The lowest BCUT2D eigenvalue weighted by molar-refractivity contribution is -0.890. The van der Waals surface area contributed by atoms with E-state index in [0.29, 0.717) is 0 Å². The van der Waals surface area contributed by atoms with Gasteiger partial charge in [0, 0.05) is 5.88 Å². The zero-order chi connectivity index (χ0) is 22.2. The largest absolute Gasteiger partial charge is 0.328 e. The maximum Gasteiger partial charge on any atom is 0.0782 e. The fourth-order valence-corrected chi connectivity index (χ4v) is 4.73. The Balaban J connectivity index is 3.14. The van der Waals surface area contributed by atoms with E-state index in [4.69, 9.17) is 11.6 Å². The Bertz CT molecular complexity index is 316. The molecule has 0 amide bonds. The van der Waals surface area contributed by atoms with Gasteiger partial charge in [0.25, 0.3) is 0 Å². The van der Waals surface area contributed by atoms with Crippen molar-refractivity contribution in [2.75, 3.05) is 33.1 Å². The average molecular weight is 445 g/mol. The highest BCUT2D eigenvalue weighted by atomic mass is 35.5. The molecular weight excluding hydrogens is 386 g/mol. The molecule has 0 rings (SSSR count). The maximum absolute atomic E-state index is 5.79. The van der Waals surface area contributed by atoms with Gasteiger partial charge >= 0.3 is 0 Å². The Morgan fingerprint density at radius 1 is 0.400 bits per heavy atom. The van der Waals surface area contributed by atoms with Gasteiger partial charge in [0.05, 0.1) is 27.2 Å². The van der Waals surface area contributed by atoms with Gasteiger partial charge in [0.1, 0.15) is 0 Å². The molecule has 0 aliphatic carbocycles. The molecular formula is C28H59ClN+. The molecule has 0 heterocycles. The lowest BCUT2D eigenvalue weighted by Crippen LogP contribution is -2.41. The van der Waals surface area contributed by atoms with Gasteiger partial charge in [-0.1, -0.05) is 122 Å². The summed E-state index contributed by atoms with van der Waals surface area (Å²) in [6.07, 6.45) is 31.6. The number of alkyl halides is 1. The van der Waals surface area contributed by atoms with Gasteiger partial charge in [0.15, 0.2) is 0 Å². The molecule has 0 bridgehead atoms. The van der Waals surface area contributed by atoms with Crippen molar-refractivity contribution >= 4 is 11.6 Å². The van der Waals surface area contributed by atoms with Crippen LogP contribution in [0.15, 0.2) is 0 Å². The van der Waals surface area contributed by atoms with Gasteiger partial charge in [-0.2, -0.15) is 0 Å². The van der Waals surface area contributed by atoms with Crippen molar-refractivity contribution < 1.29 is 4.48 Å². The first-order valence-electron chi connectivity index (χ1n) is 14.0. The van der Waals surface area contributed by atoms with Gasteiger partial charge < -0.3 is 4.48 Å². The maximum atomic E-state index is 5.79. The highest BCUT2D eigenvalue weighted by Gasteiger charge is 2.13. The third kappa shape index (κ3) is 24.5. The van der Waals surface area contributed by atoms with Gasteiger partial charge in [-0.05, 0) is 25.7 Å². The molecule has 0 aromatic heterocycles. The highest BCUT2D eigenvalue weighted by Crippen LogP contribution is 2.15. The van der Waals surface area contributed by atoms with Crippen LogP contribution in [-0.4, -0.2) is 37.5 Å². The van der Waals surface area contributed by atoms with E-state index in [0.717, 1.165) is 5.88 Å². The van der Waals surface area contributed by atoms with E-state index < -0.39 is 0 Å². The molecule has 0 spiro atoms. The van der Waals surface area contributed by atoms with Crippen LogP contribution in [0.1, 0.15) is 148 Å². The Hall–Kier alpha value is 0.250. The van der Waals surface area contributed by atoms with Crippen LogP contribution in [0.25, 0.3) is 0 Å². The summed E-state index contributed by atoms with van der Waals surface area (Å²) in [6, 6.07) is 0. The van der Waals surface area contributed by atoms with Gasteiger partial charge in [-0.15, -0.1) is 11.6 Å². The Morgan fingerprint density at radius 3 is 0.967 bits per heavy atom. The van der Waals surface area contributed by atoms with Crippen LogP contribution in [0.5, 0.6) is 0 Å². The SMILES string of the molecule is CCCCCCCCCCCCCCCCCCCCCC[N+](C)(C)CCCCCl. The first-order valence-corrected chi connectivity index (χ1v) is 14.5. The summed E-state index contributed by atoms with van der Waals surface area (Å²) in [5, 5.41) is 0. The minimum atomic E-state index is 0.819. The third-order valence-corrected chi connectivity index (χ3v) is 7.03. The number of rotatable bonds is 25. The number of hydrogen-bond donors (Lipinski definition) is 0. The van der Waals surface area contributed by atoms with Crippen LogP contribution >= 0.6 is 11.6 Å². The molecule has 0 radical (unpaired) electrons. The van der Waals surface area contributed by atoms with Crippen molar-refractivity contribution in [3.8, 4) is 0 Å². The number of hydrogen-bond acceptors (Lipinski definition) is 0. The number of halogens is 1. The smallest absolute Gasteiger partial charge is 0.0782 e. The van der Waals surface area contributed by atoms with Crippen molar-refractivity contribution in [2.24, 2.45) is 0 Å². The van der Waals surface area contributed by atoms with Crippen LogP contribution in [0.4, 0.5) is 0 Å². The van der Waals surface area contributed by atoms with E-state index in [1.807, 2.05) is 0 Å². The first-order chi connectivity index (χ1) is 14.6. The average Bonchev–Trinajstić information content (AvgIpc) is 2.72. The summed E-state index contributed by atoms with van der Waals surface area (Å²) >= 11 is 5.79. The van der Waals surface area contributed by atoms with E-state index in [1.165, 1.54) is 159 Å². The number of quaternary nitrogens is 1. The van der Waals surface area contributed by atoms with Crippen LogP contribution < -0.4 is 0 Å². The standard InChI is InChI=1S/C28H59ClN/c1-4-5-6-7-8-9-10-11-12-13-14-15-16-17-18-19-20-21-22-24-27-30(2,3)28-25-23-26-29/h4-28H2,1-3H3/q+1. The van der Waals surface area contributed by atoms with Crippen LogP contribution in [0, 0.1) is 0 Å². The lowest BCUT2D eigenvalue weighted by Gasteiger charge is -2.29. The summed E-state index contributed by atoms with van der Waals surface area (Å²) < 4.78 is 1.18. The molecule has 30 heavy (non-hydrogen) atoms. The molecule has 0 aliphatic heterocycles. The second-order valence-electron chi connectivity index (χ2n) is 10.5. The van der Waals surface area contributed by atoms with E-state index in [1.54, 1.807) is 0 Å². The van der Waals surface area contributed by atoms with E-state index >= 15 is 0 Å². The summed E-state index contributed by atoms with van der Waals surface area (Å²) in [7, 11) is 4.76. The summed E-state index contributed by atoms with van der Waals surface area (Å²) in [5.74, 6) is 0.819. The molecule has 0 aliphatic rings. The van der Waals surface area contributed by atoms with Crippen LogP contribution in [0.3, 0.4) is 0 Å². The second kappa shape index (κ2) is 23.9. The molecule has 182 valence electrons. The molecule has 1 nitrogen and oxygen atoms in total. The Labute approximate surface area is 197 Å². The van der Waals surface area contributed by atoms with Gasteiger partial charge in [0.2, 0.25) is 0 Å². The molecule has 0 N–H and O–H groups in total. The summed E-state index contributed by atoms with van der Waals surface area (Å²) in [4.78, 5) is 0. The molecule has 0 saturated heterocycles. The zero-order valence-corrected chi connectivity index (χ0v) is 22.3. The fourth-order valence-electron chi connectivity index (χ4n) is 4.54. The monoisotopic (exact) mass is 444 g/mol. The first kappa shape index (κ1) is 30.2. The normalized spacial score (nSPS) is 12.0. The minimum absolute atomic E-state index is 0.819. The molecule has 0 unspecified atom stereocenters. The topological polar surface area (TPSA) is 0 Å². The molecule has 0 aromatic carbocycles. The van der Waals surface area contributed by atoms with Gasteiger partial charge in [-0.25, -0.2) is 0 Å². The van der Waals surface area contributed by atoms with E-state index in [-0.39, 0.29) is 0 Å². The highest BCUT2D eigenvalue weighted by molar-refractivity contribution is 6.17. The quantitative estimate of drug-likeness (QED) is 0.0745. The van der Waals surface area contributed by atoms with Crippen molar-refractivity contribution in [3.63, 3.8) is 0 Å². The Morgan fingerprint density at radius 2 is 0.667 bits per heavy atom. The summed E-state index contributed by atoms with van der Waals surface area (Å²) in [6.45, 7) is 4.92. The third-order valence-electron chi connectivity index (χ3n) is 6.76. The summed E-state index contributed by atoms with van der Waals surface area (Å²) in [5.41, 5.74) is 0. The van der Waals surface area contributed by atoms with Crippen molar-refractivity contribution in [1.82, 2.24) is 0 Å². The van der Waals surface area contributed by atoms with E-state index in [2.05, 4.69) is 21.0 Å². The lowest BCUT2D eigenvalue weighted by atomic mass is 10.0. The zero-order valence-electron chi connectivity index (χ0n) is 21.5.